The number of amides is 1. The van der Waals surface area contributed by atoms with Crippen LogP contribution in [0.5, 0.6) is 0 Å². The molecule has 0 spiro atoms. The zero-order chi connectivity index (χ0) is 25.4. The van der Waals surface area contributed by atoms with E-state index in [1.54, 1.807) is 6.20 Å². The Morgan fingerprint density at radius 2 is 2.03 bits per heavy atom. The molecular formula is C23H24FN9O3. The van der Waals surface area contributed by atoms with Crippen molar-refractivity contribution in [3.05, 3.63) is 60.2 Å². The number of carbonyl (C=O) groups is 1. The maximum Gasteiger partial charge on any atom is 0.239 e. The van der Waals surface area contributed by atoms with Crippen molar-refractivity contribution in [2.75, 3.05) is 12.4 Å². The summed E-state index contributed by atoms with van der Waals surface area (Å²) in [5, 5.41) is 29.8. The van der Waals surface area contributed by atoms with Crippen LogP contribution in [0.4, 0.5) is 10.2 Å². The predicted molar refractivity (Wildman–Crippen MR) is 127 cm³/mol. The first-order chi connectivity index (χ1) is 17.4. The van der Waals surface area contributed by atoms with Crippen LogP contribution in [-0.2, 0) is 11.3 Å². The molecular weight excluding hydrogens is 469 g/mol. The fraction of sp³-hybridized carbons (Fsp3) is 0.304. The zero-order valence-electron chi connectivity index (χ0n) is 19.4. The fourth-order valence-electron chi connectivity index (χ4n) is 4.17. The number of aryl methyl sites for hydroxylation is 1. The lowest BCUT2D eigenvalue weighted by Crippen LogP contribution is -2.45. The van der Waals surface area contributed by atoms with Crippen LogP contribution in [-0.4, -0.2) is 70.9 Å². The molecule has 0 bridgehead atoms. The number of nitrogens with zero attached hydrogens (tertiary/aromatic N) is 6. The molecule has 186 valence electrons. The molecule has 13 heteroatoms. The van der Waals surface area contributed by atoms with Crippen LogP contribution in [0.15, 0.2) is 43.1 Å². The number of imidazole rings is 1. The van der Waals surface area contributed by atoms with Gasteiger partial charge in [-0.2, -0.15) is 0 Å². The predicted octanol–water partition coefficient (Wildman–Crippen LogP) is 0.281. The second kappa shape index (κ2) is 9.53. The van der Waals surface area contributed by atoms with Crippen molar-refractivity contribution in [1.82, 2.24) is 40.1 Å². The summed E-state index contributed by atoms with van der Waals surface area (Å²) in [6, 6.07) is 4.05. The Morgan fingerprint density at radius 1 is 1.19 bits per heavy atom. The Balaban J connectivity index is 1.58. The molecule has 5 rings (SSSR count). The van der Waals surface area contributed by atoms with Gasteiger partial charge in [0, 0.05) is 25.0 Å². The van der Waals surface area contributed by atoms with Gasteiger partial charge in [0.2, 0.25) is 5.91 Å². The number of aliphatic hydroxyl groups excluding tert-OH is 2. The molecule has 12 nitrogen and oxygen atoms in total. The molecule has 36 heavy (non-hydrogen) atoms. The highest BCUT2D eigenvalue weighted by atomic mass is 19.1. The summed E-state index contributed by atoms with van der Waals surface area (Å²) >= 11 is 0. The first-order valence-electron chi connectivity index (χ1n) is 11.2. The van der Waals surface area contributed by atoms with E-state index in [-0.39, 0.29) is 5.82 Å². The van der Waals surface area contributed by atoms with Gasteiger partial charge in [-0.1, -0.05) is 0 Å². The van der Waals surface area contributed by atoms with E-state index < -0.39 is 36.1 Å². The molecule has 0 unspecified atom stereocenters. The SMILES string of the molecule is CNC(=O)[C@H]1N[C@@H](n2cnc3c(NCc4cc(C)ccn4)nc(-c4cncc(F)c4)nc32)[C@H](O)[C@@H]1O. The highest BCUT2D eigenvalue weighted by Crippen LogP contribution is 2.30. The number of hydrogen-bond donors (Lipinski definition) is 5. The molecule has 1 fully saturated rings. The number of anilines is 1. The molecule has 0 aliphatic carbocycles. The maximum absolute atomic E-state index is 13.9. The van der Waals surface area contributed by atoms with Crippen LogP contribution < -0.4 is 16.0 Å². The summed E-state index contributed by atoms with van der Waals surface area (Å²) < 4.78 is 15.4. The van der Waals surface area contributed by atoms with Gasteiger partial charge in [-0.05, 0) is 30.7 Å². The van der Waals surface area contributed by atoms with E-state index in [2.05, 4.69) is 40.9 Å². The third kappa shape index (κ3) is 4.34. The molecule has 0 saturated carbocycles. The largest absolute Gasteiger partial charge is 0.388 e. The Hall–Kier alpha value is -4.07. The fourth-order valence-corrected chi connectivity index (χ4v) is 4.17. The first kappa shape index (κ1) is 23.7. The van der Waals surface area contributed by atoms with Crippen molar-refractivity contribution in [3.8, 4) is 11.4 Å². The molecule has 1 saturated heterocycles. The standard InChI is InChI=1S/C23H24FN9O3/c1-11-3-4-27-14(5-11)9-28-20-16-21(32-19(31-20)12-6-13(24)8-26-7-12)33(10-29-16)22-18(35)17(34)15(30-22)23(36)25-2/h3-8,10,15,17-18,22,30,34-35H,9H2,1-2H3,(H,25,36)(H,28,31,32)/t15-,17+,18+,22-/m0/s1. The van der Waals surface area contributed by atoms with Crippen LogP contribution in [0, 0.1) is 12.7 Å². The van der Waals surface area contributed by atoms with Crippen molar-refractivity contribution in [2.24, 2.45) is 0 Å². The number of aromatic nitrogens is 6. The lowest BCUT2D eigenvalue weighted by Gasteiger charge is -2.18. The summed E-state index contributed by atoms with van der Waals surface area (Å²) in [5.74, 6) is -0.487. The molecule has 4 aromatic heterocycles. The highest BCUT2D eigenvalue weighted by molar-refractivity contribution is 5.86. The van der Waals surface area contributed by atoms with Crippen LogP contribution in [0.25, 0.3) is 22.6 Å². The number of fused-ring (bicyclic) bond motifs is 1. The van der Waals surface area contributed by atoms with E-state index in [4.69, 9.17) is 0 Å². The second-order valence-corrected chi connectivity index (χ2v) is 8.47. The zero-order valence-corrected chi connectivity index (χ0v) is 19.4. The average molecular weight is 494 g/mol. The van der Waals surface area contributed by atoms with E-state index in [0.717, 1.165) is 17.5 Å². The van der Waals surface area contributed by atoms with Gasteiger partial charge < -0.3 is 20.8 Å². The average Bonchev–Trinajstić information content (AvgIpc) is 3.43. The minimum atomic E-state index is -1.36. The van der Waals surface area contributed by atoms with E-state index >= 15 is 0 Å². The topological polar surface area (TPSA) is 163 Å². The minimum absolute atomic E-state index is 0.173. The van der Waals surface area contributed by atoms with E-state index in [1.807, 2.05) is 19.1 Å². The molecule has 4 atom stereocenters. The van der Waals surface area contributed by atoms with Gasteiger partial charge in [0.1, 0.15) is 30.2 Å². The summed E-state index contributed by atoms with van der Waals surface area (Å²) in [7, 11) is 1.44. The van der Waals surface area contributed by atoms with Crippen LogP contribution in [0.2, 0.25) is 0 Å². The Labute approximate surface area is 204 Å². The lowest BCUT2D eigenvalue weighted by molar-refractivity contribution is -0.125. The number of pyridine rings is 2. The molecule has 1 aliphatic heterocycles. The summed E-state index contributed by atoms with van der Waals surface area (Å²) in [5.41, 5.74) is 2.84. The smallest absolute Gasteiger partial charge is 0.239 e. The van der Waals surface area contributed by atoms with E-state index in [9.17, 15) is 19.4 Å². The molecule has 5 N–H and O–H groups in total. The molecule has 4 aromatic rings. The number of halogens is 1. The van der Waals surface area contributed by atoms with Gasteiger partial charge in [-0.3, -0.25) is 24.6 Å². The Morgan fingerprint density at radius 3 is 2.78 bits per heavy atom. The third-order valence-electron chi connectivity index (χ3n) is 5.99. The van der Waals surface area contributed by atoms with Gasteiger partial charge in [0.25, 0.3) is 0 Å². The number of hydrogen-bond acceptors (Lipinski definition) is 10. The molecule has 0 radical (unpaired) electrons. The summed E-state index contributed by atoms with van der Waals surface area (Å²) in [6.07, 6.45) is 2.06. The van der Waals surface area contributed by atoms with Crippen molar-refractivity contribution in [2.45, 2.75) is 37.9 Å². The van der Waals surface area contributed by atoms with Gasteiger partial charge >= 0.3 is 0 Å². The number of aliphatic hydroxyl groups is 2. The monoisotopic (exact) mass is 493 g/mol. The highest BCUT2D eigenvalue weighted by Gasteiger charge is 2.45. The molecule has 0 aromatic carbocycles. The number of likely N-dealkylation sites (N-methyl/N-ethyl adjacent to an activating group) is 1. The van der Waals surface area contributed by atoms with Crippen LogP contribution in [0.3, 0.4) is 0 Å². The van der Waals surface area contributed by atoms with Gasteiger partial charge in [-0.15, -0.1) is 0 Å². The molecule has 1 aliphatic rings. The third-order valence-corrected chi connectivity index (χ3v) is 5.99. The van der Waals surface area contributed by atoms with Gasteiger partial charge in [0.15, 0.2) is 22.8 Å². The minimum Gasteiger partial charge on any atom is -0.388 e. The summed E-state index contributed by atoms with van der Waals surface area (Å²) in [4.78, 5) is 33.9. The Kier molecular flexibility index (Phi) is 6.26. The van der Waals surface area contributed by atoms with Crippen LogP contribution >= 0.6 is 0 Å². The Bertz CT molecular complexity index is 1430. The second-order valence-electron chi connectivity index (χ2n) is 8.47. The van der Waals surface area contributed by atoms with Gasteiger partial charge in [0.05, 0.1) is 24.8 Å². The van der Waals surface area contributed by atoms with Crippen molar-refractivity contribution < 1.29 is 19.4 Å². The number of rotatable bonds is 6. The van der Waals surface area contributed by atoms with Crippen molar-refractivity contribution in [3.63, 3.8) is 0 Å². The van der Waals surface area contributed by atoms with Crippen molar-refractivity contribution >= 4 is 22.9 Å². The van der Waals surface area contributed by atoms with E-state index in [1.165, 1.54) is 30.2 Å². The summed E-state index contributed by atoms with van der Waals surface area (Å²) in [6.45, 7) is 2.30. The first-order valence-corrected chi connectivity index (χ1v) is 11.2. The normalized spacial score (nSPS) is 21.6. The lowest BCUT2D eigenvalue weighted by atomic mass is 10.1. The van der Waals surface area contributed by atoms with Crippen LogP contribution in [0.1, 0.15) is 17.4 Å². The molecule has 1 amide bonds. The number of nitrogens with one attached hydrogen (secondary N) is 3. The van der Waals surface area contributed by atoms with Gasteiger partial charge in [-0.25, -0.2) is 19.3 Å². The number of carbonyl (C=O) groups excluding carboxylic acids is 1. The van der Waals surface area contributed by atoms with Crippen molar-refractivity contribution in [1.29, 1.82) is 0 Å². The quantitative estimate of drug-likeness (QED) is 0.252. The maximum atomic E-state index is 13.9. The molecule has 5 heterocycles. The van der Waals surface area contributed by atoms with E-state index in [0.29, 0.717) is 29.1 Å².